The molecule has 0 unspecified atom stereocenters. The molecule has 2 aromatic heterocycles. The summed E-state index contributed by atoms with van der Waals surface area (Å²) in [6.45, 7) is 2.51. The highest BCUT2D eigenvalue weighted by Crippen LogP contribution is 2.26. The van der Waals surface area contributed by atoms with E-state index < -0.39 is 0 Å². The molecule has 0 saturated carbocycles. The number of nitrogens with one attached hydrogen (secondary N) is 1. The third kappa shape index (κ3) is 4.97. The number of rotatable bonds is 8. The molecule has 152 valence electrons. The number of amides is 1. The quantitative estimate of drug-likeness (QED) is 0.543. The first-order chi connectivity index (χ1) is 14.2. The van der Waals surface area contributed by atoms with Crippen LogP contribution < -0.4 is 10.2 Å². The summed E-state index contributed by atoms with van der Waals surface area (Å²) < 4.78 is 7.56. The lowest BCUT2D eigenvalue weighted by Crippen LogP contribution is -2.22. The van der Waals surface area contributed by atoms with E-state index in [2.05, 4.69) is 20.4 Å². The van der Waals surface area contributed by atoms with Crippen LogP contribution in [-0.4, -0.2) is 45.8 Å². The Morgan fingerprint density at radius 1 is 1.21 bits per heavy atom. The van der Waals surface area contributed by atoms with Crippen molar-refractivity contribution >= 4 is 41.1 Å². The van der Waals surface area contributed by atoms with E-state index >= 15 is 0 Å². The summed E-state index contributed by atoms with van der Waals surface area (Å²) in [5, 5.41) is 12.4. The third-order valence-corrected chi connectivity index (χ3v) is 6.36. The van der Waals surface area contributed by atoms with Gasteiger partial charge in [0.05, 0.1) is 18.6 Å². The summed E-state index contributed by atoms with van der Waals surface area (Å²) in [6, 6.07) is 11.6. The zero-order chi connectivity index (χ0) is 20.1. The fourth-order valence-corrected chi connectivity index (χ4v) is 4.46. The molecule has 1 aliphatic rings. The van der Waals surface area contributed by atoms with Gasteiger partial charge in [-0.1, -0.05) is 17.8 Å². The van der Waals surface area contributed by atoms with Crippen molar-refractivity contribution in [2.45, 2.75) is 29.4 Å². The molecule has 3 aromatic rings. The first-order valence-electron chi connectivity index (χ1n) is 9.50. The van der Waals surface area contributed by atoms with E-state index in [0.717, 1.165) is 53.4 Å². The van der Waals surface area contributed by atoms with E-state index in [4.69, 9.17) is 4.42 Å². The van der Waals surface area contributed by atoms with Gasteiger partial charge in [-0.25, -0.2) is 0 Å². The predicted octanol–water partition coefficient (Wildman–Crippen LogP) is 3.97. The standard InChI is InChI=1S/C20H23N5O2S2/c1-28-17-8-4-6-15(12-17)21-18(26)14-29-20-23-22-19(24-9-2-3-10-24)25(20)13-16-7-5-11-27-16/h4-8,11-12H,2-3,9-10,13-14H2,1H3,(H,21,26). The highest BCUT2D eigenvalue weighted by atomic mass is 32.2. The molecule has 0 atom stereocenters. The second-order valence-corrected chi connectivity index (χ2v) is 8.53. The van der Waals surface area contributed by atoms with Crippen molar-refractivity contribution in [3.8, 4) is 0 Å². The van der Waals surface area contributed by atoms with Crippen molar-refractivity contribution in [1.29, 1.82) is 0 Å². The number of furan rings is 1. The lowest BCUT2D eigenvalue weighted by molar-refractivity contribution is -0.113. The van der Waals surface area contributed by atoms with Gasteiger partial charge in [-0.05, 0) is 49.4 Å². The summed E-state index contributed by atoms with van der Waals surface area (Å²) in [5.74, 6) is 1.88. The van der Waals surface area contributed by atoms with E-state index in [1.807, 2.05) is 47.2 Å². The summed E-state index contributed by atoms with van der Waals surface area (Å²) in [5.41, 5.74) is 0.803. The monoisotopic (exact) mass is 429 g/mol. The lowest BCUT2D eigenvalue weighted by Gasteiger charge is -2.17. The van der Waals surface area contributed by atoms with Gasteiger partial charge in [0, 0.05) is 23.7 Å². The SMILES string of the molecule is CSc1cccc(NC(=O)CSc2nnc(N3CCCC3)n2Cc2ccco2)c1. The number of hydrogen-bond donors (Lipinski definition) is 1. The molecule has 29 heavy (non-hydrogen) atoms. The molecule has 1 aromatic carbocycles. The van der Waals surface area contributed by atoms with Crippen LogP contribution in [0.1, 0.15) is 18.6 Å². The molecule has 1 fully saturated rings. The first-order valence-corrected chi connectivity index (χ1v) is 11.7. The van der Waals surface area contributed by atoms with Crippen LogP contribution in [0.15, 0.2) is 57.1 Å². The molecule has 4 rings (SSSR count). The summed E-state index contributed by atoms with van der Waals surface area (Å²) >= 11 is 3.04. The highest BCUT2D eigenvalue weighted by Gasteiger charge is 2.22. The van der Waals surface area contributed by atoms with Gasteiger partial charge in [0.2, 0.25) is 11.9 Å². The Balaban J connectivity index is 1.45. The van der Waals surface area contributed by atoms with Gasteiger partial charge in [-0.15, -0.1) is 22.0 Å². The minimum absolute atomic E-state index is 0.0662. The zero-order valence-electron chi connectivity index (χ0n) is 16.2. The van der Waals surface area contributed by atoms with Crippen LogP contribution in [0.5, 0.6) is 0 Å². The number of benzene rings is 1. The van der Waals surface area contributed by atoms with Crippen LogP contribution in [0, 0.1) is 0 Å². The van der Waals surface area contributed by atoms with Crippen LogP contribution in [0.3, 0.4) is 0 Å². The summed E-state index contributed by atoms with van der Waals surface area (Å²) in [6.07, 6.45) is 6.00. The maximum atomic E-state index is 12.5. The first kappa shape index (κ1) is 19.9. The van der Waals surface area contributed by atoms with Gasteiger partial charge in [-0.2, -0.15) is 0 Å². The maximum absolute atomic E-state index is 12.5. The van der Waals surface area contributed by atoms with Gasteiger partial charge in [0.25, 0.3) is 0 Å². The molecule has 0 aliphatic carbocycles. The van der Waals surface area contributed by atoms with E-state index in [1.165, 1.54) is 11.8 Å². The van der Waals surface area contributed by atoms with E-state index in [9.17, 15) is 4.79 Å². The van der Waals surface area contributed by atoms with Gasteiger partial charge in [-0.3, -0.25) is 9.36 Å². The topological polar surface area (TPSA) is 76.2 Å². The molecular formula is C20H23N5O2S2. The molecule has 0 spiro atoms. The molecule has 3 heterocycles. The minimum Gasteiger partial charge on any atom is -0.467 e. The second-order valence-electron chi connectivity index (χ2n) is 6.71. The number of carbonyl (C=O) groups excluding carboxylic acids is 1. The molecule has 9 heteroatoms. The normalized spacial score (nSPS) is 13.8. The molecular weight excluding hydrogens is 406 g/mol. The number of anilines is 2. The Hall–Kier alpha value is -2.39. The average molecular weight is 430 g/mol. The van der Waals surface area contributed by atoms with E-state index in [1.54, 1.807) is 18.0 Å². The minimum atomic E-state index is -0.0662. The average Bonchev–Trinajstić information content (AvgIpc) is 3.49. The Morgan fingerprint density at radius 3 is 2.83 bits per heavy atom. The van der Waals surface area contributed by atoms with Crippen molar-refractivity contribution in [2.75, 3.05) is 35.3 Å². The predicted molar refractivity (Wildman–Crippen MR) is 117 cm³/mol. The zero-order valence-corrected chi connectivity index (χ0v) is 17.8. The molecule has 1 amide bonds. The van der Waals surface area contributed by atoms with Crippen LogP contribution in [-0.2, 0) is 11.3 Å². The van der Waals surface area contributed by atoms with Gasteiger partial charge >= 0.3 is 0 Å². The van der Waals surface area contributed by atoms with Gasteiger partial charge in [0.15, 0.2) is 5.16 Å². The number of nitrogens with zero attached hydrogens (tertiary/aromatic N) is 4. The van der Waals surface area contributed by atoms with Crippen molar-refractivity contribution in [3.05, 3.63) is 48.4 Å². The Kier molecular flexibility index (Phi) is 6.46. The molecule has 1 N–H and O–H groups in total. The lowest BCUT2D eigenvalue weighted by atomic mass is 10.3. The Bertz CT molecular complexity index is 952. The van der Waals surface area contributed by atoms with E-state index in [-0.39, 0.29) is 11.7 Å². The molecule has 1 saturated heterocycles. The summed E-state index contributed by atoms with van der Waals surface area (Å²) in [7, 11) is 0. The fraction of sp³-hybridized carbons (Fsp3) is 0.350. The molecule has 1 aliphatic heterocycles. The number of carbonyl (C=O) groups is 1. The van der Waals surface area contributed by atoms with Crippen molar-refractivity contribution in [1.82, 2.24) is 14.8 Å². The summed E-state index contributed by atoms with van der Waals surface area (Å²) in [4.78, 5) is 15.8. The van der Waals surface area contributed by atoms with Crippen molar-refractivity contribution < 1.29 is 9.21 Å². The van der Waals surface area contributed by atoms with Crippen LogP contribution in [0.2, 0.25) is 0 Å². The smallest absolute Gasteiger partial charge is 0.234 e. The highest BCUT2D eigenvalue weighted by molar-refractivity contribution is 7.99. The van der Waals surface area contributed by atoms with Gasteiger partial charge < -0.3 is 14.6 Å². The number of thioether (sulfide) groups is 2. The van der Waals surface area contributed by atoms with E-state index in [0.29, 0.717) is 6.54 Å². The second kappa shape index (κ2) is 9.41. The van der Waals surface area contributed by atoms with Gasteiger partial charge in [0.1, 0.15) is 5.76 Å². The largest absolute Gasteiger partial charge is 0.467 e. The van der Waals surface area contributed by atoms with Crippen LogP contribution in [0.25, 0.3) is 0 Å². The molecule has 0 bridgehead atoms. The third-order valence-electron chi connectivity index (χ3n) is 4.67. The Morgan fingerprint density at radius 2 is 2.07 bits per heavy atom. The number of hydrogen-bond acceptors (Lipinski definition) is 7. The van der Waals surface area contributed by atoms with Crippen LogP contribution in [0.4, 0.5) is 11.6 Å². The fourth-order valence-electron chi connectivity index (χ4n) is 3.26. The Labute approximate surface area is 178 Å². The van der Waals surface area contributed by atoms with Crippen LogP contribution >= 0.6 is 23.5 Å². The van der Waals surface area contributed by atoms with Crippen molar-refractivity contribution in [3.63, 3.8) is 0 Å². The van der Waals surface area contributed by atoms with Crippen molar-refractivity contribution in [2.24, 2.45) is 0 Å². The number of aromatic nitrogens is 3. The molecule has 0 radical (unpaired) electrons. The maximum Gasteiger partial charge on any atom is 0.234 e. The molecule has 7 nitrogen and oxygen atoms in total.